The Kier molecular flexibility index (Phi) is 4.90. The van der Waals surface area contributed by atoms with Crippen molar-refractivity contribution >= 4 is 0 Å². The maximum absolute atomic E-state index is 5.93. The molecular weight excluding hydrogens is 342 g/mol. The average Bonchev–Trinajstić information content (AvgIpc) is 3.37. The van der Waals surface area contributed by atoms with E-state index >= 15 is 0 Å². The van der Waals surface area contributed by atoms with Crippen LogP contribution in [0.2, 0.25) is 0 Å². The molecule has 2 fully saturated rings. The second kappa shape index (κ2) is 7.34. The highest BCUT2D eigenvalue weighted by Gasteiger charge is 2.28. The highest BCUT2D eigenvalue weighted by molar-refractivity contribution is 5.45. The number of aryl methyl sites for hydroxylation is 1. The van der Waals surface area contributed by atoms with Crippen molar-refractivity contribution in [3.8, 4) is 23.5 Å². The van der Waals surface area contributed by atoms with Gasteiger partial charge in [-0.1, -0.05) is 42.1 Å². The quantitative estimate of drug-likeness (QED) is 0.774. The predicted octanol–water partition coefficient (Wildman–Crippen LogP) is 3.54. The molecule has 0 amide bonds. The molecule has 2 heterocycles. The van der Waals surface area contributed by atoms with Crippen molar-refractivity contribution in [3.05, 3.63) is 35.5 Å². The Morgan fingerprint density at radius 2 is 2.04 bits per heavy atom. The molecular formula is C21H25N3O3. The molecule has 2 aromatic rings. The van der Waals surface area contributed by atoms with E-state index in [1.807, 2.05) is 25.1 Å². The van der Waals surface area contributed by atoms with E-state index in [2.05, 4.69) is 36.0 Å². The summed E-state index contributed by atoms with van der Waals surface area (Å²) in [5, 5.41) is 8.22. The summed E-state index contributed by atoms with van der Waals surface area (Å²) in [5.74, 6) is 8.26. The van der Waals surface area contributed by atoms with Crippen LogP contribution in [0.3, 0.4) is 0 Å². The zero-order valence-electron chi connectivity index (χ0n) is 16.1. The third-order valence-corrected chi connectivity index (χ3v) is 4.57. The van der Waals surface area contributed by atoms with Crippen LogP contribution in [0.4, 0.5) is 0 Å². The molecule has 0 spiro atoms. The fourth-order valence-electron chi connectivity index (χ4n) is 2.72. The topological polar surface area (TPSA) is 58.4 Å². The molecule has 0 atom stereocenters. The number of ether oxygens (including phenoxy) is 3. The molecule has 1 saturated heterocycles. The van der Waals surface area contributed by atoms with Crippen molar-refractivity contribution in [3.63, 3.8) is 0 Å². The molecule has 1 saturated carbocycles. The van der Waals surface area contributed by atoms with E-state index in [-0.39, 0.29) is 11.7 Å². The number of benzene rings is 1. The molecule has 0 N–H and O–H groups in total. The lowest BCUT2D eigenvalue weighted by Crippen LogP contribution is -2.39. The SMILES string of the molecule is Cc1ccc(C#CC2CC2)cc1Oc1cn(CC2OCC(C)(C)CO2)nn1. The van der Waals surface area contributed by atoms with E-state index in [9.17, 15) is 0 Å². The molecule has 1 aromatic heterocycles. The first kappa shape index (κ1) is 18.0. The molecule has 1 aliphatic heterocycles. The lowest BCUT2D eigenvalue weighted by molar-refractivity contribution is -0.227. The molecule has 142 valence electrons. The molecule has 1 aliphatic carbocycles. The van der Waals surface area contributed by atoms with Gasteiger partial charge in [0.25, 0.3) is 5.88 Å². The standard InChI is InChI=1S/C21H25N3O3/c1-15-4-5-17(9-8-16-6-7-16)10-18(15)27-19-11-24(23-22-19)12-20-25-13-21(2,3)14-26-20/h4-5,10-11,16,20H,6-7,12-14H2,1-3H3. The van der Waals surface area contributed by atoms with Gasteiger partial charge in [0.05, 0.1) is 26.0 Å². The van der Waals surface area contributed by atoms with Gasteiger partial charge >= 0.3 is 0 Å². The summed E-state index contributed by atoms with van der Waals surface area (Å²) in [5.41, 5.74) is 2.04. The summed E-state index contributed by atoms with van der Waals surface area (Å²) < 4.78 is 19.1. The van der Waals surface area contributed by atoms with Gasteiger partial charge < -0.3 is 14.2 Å². The van der Waals surface area contributed by atoms with E-state index in [0.717, 1.165) is 16.9 Å². The van der Waals surface area contributed by atoms with Crippen molar-refractivity contribution in [1.82, 2.24) is 15.0 Å². The zero-order valence-corrected chi connectivity index (χ0v) is 16.1. The van der Waals surface area contributed by atoms with Crippen molar-refractivity contribution in [2.45, 2.75) is 46.4 Å². The van der Waals surface area contributed by atoms with E-state index in [1.54, 1.807) is 10.9 Å². The van der Waals surface area contributed by atoms with Gasteiger partial charge in [0.15, 0.2) is 6.29 Å². The molecule has 6 nitrogen and oxygen atoms in total. The molecule has 1 aromatic carbocycles. The van der Waals surface area contributed by atoms with Crippen LogP contribution in [0.15, 0.2) is 24.4 Å². The Balaban J connectivity index is 1.39. The van der Waals surface area contributed by atoms with E-state index in [4.69, 9.17) is 14.2 Å². The Hall–Kier alpha value is -2.36. The number of aromatic nitrogens is 3. The first-order chi connectivity index (χ1) is 13.0. The van der Waals surface area contributed by atoms with Crippen LogP contribution in [-0.4, -0.2) is 34.5 Å². The number of nitrogens with zero attached hydrogens (tertiary/aromatic N) is 3. The lowest BCUT2D eigenvalue weighted by Gasteiger charge is -2.34. The molecule has 0 unspecified atom stereocenters. The molecule has 0 bridgehead atoms. The Morgan fingerprint density at radius 1 is 1.26 bits per heavy atom. The monoisotopic (exact) mass is 367 g/mol. The largest absolute Gasteiger partial charge is 0.436 e. The average molecular weight is 367 g/mol. The normalized spacial score (nSPS) is 19.4. The van der Waals surface area contributed by atoms with Crippen molar-refractivity contribution in [2.24, 2.45) is 11.3 Å². The van der Waals surface area contributed by atoms with Gasteiger partial charge in [-0.2, -0.15) is 0 Å². The first-order valence-corrected chi connectivity index (χ1v) is 9.40. The van der Waals surface area contributed by atoms with Gasteiger partial charge in [0, 0.05) is 16.9 Å². The maximum atomic E-state index is 5.93. The predicted molar refractivity (Wildman–Crippen MR) is 100 cm³/mol. The Labute approximate surface area is 159 Å². The summed E-state index contributed by atoms with van der Waals surface area (Å²) in [4.78, 5) is 0. The summed E-state index contributed by atoms with van der Waals surface area (Å²) >= 11 is 0. The molecule has 2 aliphatic rings. The van der Waals surface area contributed by atoms with E-state index in [0.29, 0.717) is 31.6 Å². The van der Waals surface area contributed by atoms with Crippen LogP contribution in [0, 0.1) is 30.1 Å². The van der Waals surface area contributed by atoms with Crippen molar-refractivity contribution in [1.29, 1.82) is 0 Å². The van der Waals surface area contributed by atoms with Gasteiger partial charge in [0.2, 0.25) is 0 Å². The third kappa shape index (κ3) is 4.88. The van der Waals surface area contributed by atoms with Gasteiger partial charge in [-0.15, -0.1) is 0 Å². The van der Waals surface area contributed by atoms with Crippen molar-refractivity contribution in [2.75, 3.05) is 13.2 Å². The number of hydrogen-bond donors (Lipinski definition) is 0. The Morgan fingerprint density at radius 3 is 2.78 bits per heavy atom. The van der Waals surface area contributed by atoms with E-state index < -0.39 is 0 Å². The minimum absolute atomic E-state index is 0.0537. The van der Waals surface area contributed by atoms with Crippen LogP contribution >= 0.6 is 0 Å². The summed E-state index contributed by atoms with van der Waals surface area (Å²) in [7, 11) is 0. The van der Waals surface area contributed by atoms with Gasteiger partial charge in [0.1, 0.15) is 5.75 Å². The minimum atomic E-state index is -0.310. The zero-order chi connectivity index (χ0) is 18.9. The molecule has 27 heavy (non-hydrogen) atoms. The highest BCUT2D eigenvalue weighted by atomic mass is 16.7. The lowest BCUT2D eigenvalue weighted by atomic mass is 9.96. The van der Waals surface area contributed by atoms with Crippen molar-refractivity contribution < 1.29 is 14.2 Å². The molecule has 0 radical (unpaired) electrons. The highest BCUT2D eigenvalue weighted by Crippen LogP contribution is 2.28. The fraction of sp³-hybridized carbons (Fsp3) is 0.524. The van der Waals surface area contributed by atoms with Crippen LogP contribution in [0.25, 0.3) is 0 Å². The third-order valence-electron chi connectivity index (χ3n) is 4.57. The second-order valence-corrected chi connectivity index (χ2v) is 8.12. The smallest absolute Gasteiger partial charge is 0.258 e. The van der Waals surface area contributed by atoms with Crippen LogP contribution in [0.5, 0.6) is 11.6 Å². The maximum Gasteiger partial charge on any atom is 0.258 e. The fourth-order valence-corrected chi connectivity index (χ4v) is 2.72. The van der Waals surface area contributed by atoms with Gasteiger partial charge in [-0.05, 0) is 37.5 Å². The summed E-state index contributed by atoms with van der Waals surface area (Å²) in [6, 6.07) is 6.00. The van der Waals surface area contributed by atoms with Crippen LogP contribution in [0.1, 0.15) is 37.8 Å². The molecule has 4 rings (SSSR count). The van der Waals surface area contributed by atoms with Gasteiger partial charge in [-0.25, -0.2) is 4.68 Å². The van der Waals surface area contributed by atoms with Gasteiger partial charge in [-0.3, -0.25) is 0 Å². The minimum Gasteiger partial charge on any atom is -0.436 e. The Bertz CT molecular complexity index is 864. The van der Waals surface area contributed by atoms with Crippen LogP contribution < -0.4 is 4.74 Å². The van der Waals surface area contributed by atoms with E-state index in [1.165, 1.54) is 12.8 Å². The molecule has 6 heteroatoms. The first-order valence-electron chi connectivity index (χ1n) is 9.40. The summed E-state index contributed by atoms with van der Waals surface area (Å²) in [6.45, 7) is 8.07. The number of rotatable bonds is 4. The summed E-state index contributed by atoms with van der Waals surface area (Å²) in [6.07, 6.45) is 3.89. The van der Waals surface area contributed by atoms with Crippen LogP contribution in [-0.2, 0) is 16.0 Å². The number of hydrogen-bond acceptors (Lipinski definition) is 5. The second-order valence-electron chi connectivity index (χ2n) is 8.12.